The van der Waals surface area contributed by atoms with Crippen LogP contribution in [-0.4, -0.2) is 30.7 Å². The molecule has 33 heavy (non-hydrogen) atoms. The minimum atomic E-state index is -0.374. The lowest BCUT2D eigenvalue weighted by Gasteiger charge is -2.15. The molecule has 8 nitrogen and oxygen atoms in total. The zero-order valence-corrected chi connectivity index (χ0v) is 18.4. The average Bonchev–Trinajstić information content (AvgIpc) is 3.17. The van der Waals surface area contributed by atoms with Crippen LogP contribution in [0.1, 0.15) is 5.56 Å². The van der Waals surface area contributed by atoms with E-state index in [-0.39, 0.29) is 10.6 Å². The topological polar surface area (TPSA) is 79.1 Å². The number of ether oxygens (including phenoxy) is 3. The highest BCUT2D eigenvalue weighted by molar-refractivity contribution is 5.89. The molecule has 0 unspecified atom stereocenters. The average molecular weight is 444 g/mol. The summed E-state index contributed by atoms with van der Waals surface area (Å²) in [5.41, 5.74) is 4.89. The van der Waals surface area contributed by atoms with Crippen LogP contribution in [0.2, 0.25) is 0 Å². The number of hydrogen-bond acceptors (Lipinski definition) is 5. The molecule has 0 saturated heterocycles. The second-order valence-corrected chi connectivity index (χ2v) is 7.60. The molecule has 8 heteroatoms. The summed E-state index contributed by atoms with van der Waals surface area (Å²) in [5.74, 6) is 1.76. The minimum Gasteiger partial charge on any atom is -0.493 e. The number of fused-ring (bicyclic) bond motifs is 5. The highest BCUT2D eigenvalue weighted by atomic mass is 16.6. The van der Waals surface area contributed by atoms with Crippen molar-refractivity contribution < 1.29 is 23.7 Å². The molecule has 0 fully saturated rings. The Morgan fingerprint density at radius 2 is 1.67 bits per heavy atom. The molecule has 3 aromatic carbocycles. The fraction of sp³-hybridized carbons (Fsp3) is 0.160. The van der Waals surface area contributed by atoms with E-state index in [1.54, 1.807) is 33.5 Å². The van der Waals surface area contributed by atoms with Crippen molar-refractivity contribution >= 4 is 33.3 Å². The first-order valence-corrected chi connectivity index (χ1v) is 10.4. The highest BCUT2D eigenvalue weighted by Crippen LogP contribution is 2.40. The van der Waals surface area contributed by atoms with E-state index in [1.165, 1.54) is 6.07 Å². The molecule has 0 aliphatic heterocycles. The molecule has 166 valence electrons. The van der Waals surface area contributed by atoms with Gasteiger partial charge in [-0.2, -0.15) is 4.40 Å². The number of non-ortho nitro benzene ring substituents is 1. The van der Waals surface area contributed by atoms with Gasteiger partial charge in [-0.3, -0.25) is 10.1 Å². The van der Waals surface area contributed by atoms with Crippen molar-refractivity contribution in [2.45, 2.75) is 6.54 Å². The van der Waals surface area contributed by atoms with Crippen LogP contribution in [0.5, 0.6) is 17.2 Å². The summed E-state index contributed by atoms with van der Waals surface area (Å²) >= 11 is 0. The van der Waals surface area contributed by atoms with Crippen molar-refractivity contribution in [1.82, 2.24) is 4.40 Å². The lowest BCUT2D eigenvalue weighted by atomic mass is 10.1. The first-order valence-electron chi connectivity index (χ1n) is 10.4. The smallest absolute Gasteiger partial charge is 0.287 e. The van der Waals surface area contributed by atoms with E-state index in [2.05, 4.69) is 15.0 Å². The molecule has 0 aliphatic rings. The number of aromatic nitrogens is 2. The van der Waals surface area contributed by atoms with Crippen molar-refractivity contribution in [3.63, 3.8) is 0 Å². The Morgan fingerprint density at radius 1 is 0.879 bits per heavy atom. The van der Waals surface area contributed by atoms with Gasteiger partial charge in [-0.05, 0) is 36.4 Å². The van der Waals surface area contributed by atoms with Gasteiger partial charge in [0.15, 0.2) is 22.5 Å². The van der Waals surface area contributed by atoms with Crippen LogP contribution in [-0.2, 0) is 6.54 Å². The largest absolute Gasteiger partial charge is 0.493 e. The normalized spacial score (nSPS) is 11.2. The van der Waals surface area contributed by atoms with Crippen molar-refractivity contribution in [2.75, 3.05) is 21.3 Å². The Labute approximate surface area is 189 Å². The number of rotatable bonds is 6. The molecule has 5 aromatic rings. The van der Waals surface area contributed by atoms with Crippen LogP contribution < -0.4 is 18.8 Å². The van der Waals surface area contributed by atoms with E-state index in [0.717, 1.165) is 33.1 Å². The van der Waals surface area contributed by atoms with Gasteiger partial charge in [0.25, 0.3) is 11.3 Å². The second-order valence-electron chi connectivity index (χ2n) is 7.60. The monoisotopic (exact) mass is 444 g/mol. The summed E-state index contributed by atoms with van der Waals surface area (Å²) in [4.78, 5) is 10.9. The van der Waals surface area contributed by atoms with Gasteiger partial charge >= 0.3 is 0 Å². The molecule has 0 aliphatic carbocycles. The molecule has 0 atom stereocenters. The van der Waals surface area contributed by atoms with Gasteiger partial charge in [0.05, 0.1) is 26.3 Å². The summed E-state index contributed by atoms with van der Waals surface area (Å²) in [6, 6.07) is 20.8. The number of imidazole rings is 1. The van der Waals surface area contributed by atoms with Gasteiger partial charge < -0.3 is 14.2 Å². The minimum absolute atomic E-state index is 0.0706. The molecule has 2 heterocycles. The SMILES string of the molecule is COc1ccc(C[n+]2c3ccccc3n3c4ccc([N+](=O)[O-])cc4ccc32)c(OC)c1OC. The standard InChI is InChI=1S/C25H22N3O5/c1-31-22-12-8-17(24(32-2)25(22)33-3)15-26-20-6-4-5-7-21(20)27-19-11-10-18(28(29)30)14-16(19)9-13-23(26)27/h4-14H,15H2,1-3H3/q+1. The van der Waals surface area contributed by atoms with Crippen molar-refractivity contribution in [1.29, 1.82) is 0 Å². The number of pyridine rings is 1. The van der Waals surface area contributed by atoms with Gasteiger partial charge in [-0.25, -0.2) is 4.57 Å². The third-order valence-electron chi connectivity index (χ3n) is 5.91. The van der Waals surface area contributed by atoms with Gasteiger partial charge in [-0.1, -0.05) is 12.1 Å². The quantitative estimate of drug-likeness (QED) is 0.219. The van der Waals surface area contributed by atoms with Gasteiger partial charge in [0.1, 0.15) is 12.1 Å². The van der Waals surface area contributed by atoms with Crippen LogP contribution in [0.3, 0.4) is 0 Å². The van der Waals surface area contributed by atoms with E-state index >= 15 is 0 Å². The molecule has 0 amide bonds. The van der Waals surface area contributed by atoms with E-state index in [4.69, 9.17) is 14.2 Å². The summed E-state index contributed by atoms with van der Waals surface area (Å²) in [6.07, 6.45) is 0. The Hall–Kier alpha value is -4.33. The van der Waals surface area contributed by atoms with Crippen LogP contribution in [0.4, 0.5) is 5.69 Å². The number of benzene rings is 3. The molecule has 0 N–H and O–H groups in total. The zero-order valence-electron chi connectivity index (χ0n) is 18.4. The number of nitro benzene ring substituents is 1. The fourth-order valence-corrected chi connectivity index (χ4v) is 4.45. The third-order valence-corrected chi connectivity index (χ3v) is 5.91. The number of hydrogen-bond donors (Lipinski definition) is 0. The number of methoxy groups -OCH3 is 3. The fourth-order valence-electron chi connectivity index (χ4n) is 4.45. The molecular formula is C25H22N3O5+. The van der Waals surface area contributed by atoms with Crippen LogP contribution in [0.25, 0.3) is 27.6 Å². The maximum Gasteiger partial charge on any atom is 0.287 e. The van der Waals surface area contributed by atoms with E-state index < -0.39 is 0 Å². The molecular weight excluding hydrogens is 422 g/mol. The Bertz CT molecular complexity index is 1540. The second kappa shape index (κ2) is 7.98. The molecule has 5 rings (SSSR count). The van der Waals surface area contributed by atoms with Crippen molar-refractivity contribution in [3.05, 3.63) is 82.4 Å². The zero-order chi connectivity index (χ0) is 23.1. The Kier molecular flexibility index (Phi) is 4.97. The van der Waals surface area contributed by atoms with Crippen molar-refractivity contribution in [3.8, 4) is 17.2 Å². The maximum atomic E-state index is 11.2. The lowest BCUT2D eigenvalue weighted by Crippen LogP contribution is -2.34. The molecule has 2 aromatic heterocycles. The lowest BCUT2D eigenvalue weighted by molar-refractivity contribution is -0.636. The first-order chi connectivity index (χ1) is 16.1. The Morgan fingerprint density at radius 3 is 2.39 bits per heavy atom. The molecule has 0 spiro atoms. The summed E-state index contributed by atoms with van der Waals surface area (Å²) < 4.78 is 21.0. The third kappa shape index (κ3) is 3.18. The van der Waals surface area contributed by atoms with E-state index in [0.29, 0.717) is 23.8 Å². The van der Waals surface area contributed by atoms with Crippen LogP contribution in [0, 0.1) is 10.1 Å². The summed E-state index contributed by atoms with van der Waals surface area (Å²) in [5, 5.41) is 12.0. The molecule has 0 saturated carbocycles. The summed E-state index contributed by atoms with van der Waals surface area (Å²) in [6.45, 7) is 0.527. The maximum absolute atomic E-state index is 11.2. The van der Waals surface area contributed by atoms with Gasteiger partial charge in [0, 0.05) is 29.1 Å². The first kappa shape index (κ1) is 20.6. The highest BCUT2D eigenvalue weighted by Gasteiger charge is 2.24. The molecule has 0 bridgehead atoms. The van der Waals surface area contributed by atoms with Gasteiger partial charge in [-0.15, -0.1) is 0 Å². The van der Waals surface area contributed by atoms with E-state index in [9.17, 15) is 10.1 Å². The predicted octanol–water partition coefficient (Wildman–Crippen LogP) is 4.52. The number of nitro groups is 1. The van der Waals surface area contributed by atoms with E-state index in [1.807, 2.05) is 42.5 Å². The number of para-hydroxylation sites is 2. The number of nitrogens with zero attached hydrogens (tertiary/aromatic N) is 3. The van der Waals surface area contributed by atoms with Gasteiger partial charge in [0.2, 0.25) is 5.75 Å². The van der Waals surface area contributed by atoms with Crippen molar-refractivity contribution in [2.24, 2.45) is 0 Å². The predicted molar refractivity (Wildman–Crippen MR) is 124 cm³/mol. The molecule has 0 radical (unpaired) electrons. The summed E-state index contributed by atoms with van der Waals surface area (Å²) in [7, 11) is 4.80. The Balaban J connectivity index is 1.77. The van der Waals surface area contributed by atoms with Crippen LogP contribution >= 0.6 is 0 Å². The van der Waals surface area contributed by atoms with Crippen LogP contribution in [0.15, 0.2) is 66.7 Å².